The SMILES string of the molecule is Cc1ccc(I)c(Oc2ccc(S(C)(=O)=O)cc2[N+](=O)[O-])c1. The molecule has 0 fully saturated rings. The average molecular weight is 433 g/mol. The molecule has 0 saturated heterocycles. The number of rotatable bonds is 4. The molecule has 0 aromatic heterocycles. The Hall–Kier alpha value is -1.68. The van der Waals surface area contributed by atoms with E-state index in [1.807, 2.05) is 19.1 Å². The lowest BCUT2D eigenvalue weighted by molar-refractivity contribution is -0.385. The van der Waals surface area contributed by atoms with Gasteiger partial charge >= 0.3 is 5.69 Å². The van der Waals surface area contributed by atoms with E-state index in [4.69, 9.17) is 4.74 Å². The summed E-state index contributed by atoms with van der Waals surface area (Å²) in [7, 11) is -3.52. The number of hydrogen-bond acceptors (Lipinski definition) is 5. The molecule has 6 nitrogen and oxygen atoms in total. The van der Waals surface area contributed by atoms with Gasteiger partial charge in [-0.25, -0.2) is 8.42 Å². The highest BCUT2D eigenvalue weighted by Gasteiger charge is 2.21. The van der Waals surface area contributed by atoms with Crippen molar-refractivity contribution in [3.63, 3.8) is 0 Å². The van der Waals surface area contributed by atoms with Crippen LogP contribution in [0.5, 0.6) is 11.5 Å². The summed E-state index contributed by atoms with van der Waals surface area (Å²) in [6.45, 7) is 1.88. The molecule has 0 unspecified atom stereocenters. The zero-order valence-electron chi connectivity index (χ0n) is 11.7. The number of nitro benzene ring substituents is 1. The van der Waals surface area contributed by atoms with Gasteiger partial charge in [0.05, 0.1) is 13.4 Å². The molecule has 8 heteroatoms. The van der Waals surface area contributed by atoms with Crippen LogP contribution in [0.15, 0.2) is 41.3 Å². The Balaban J connectivity index is 2.51. The second-order valence-electron chi connectivity index (χ2n) is 4.69. The minimum Gasteiger partial charge on any atom is -0.449 e. The van der Waals surface area contributed by atoms with Crippen molar-refractivity contribution in [3.8, 4) is 11.5 Å². The topological polar surface area (TPSA) is 86.5 Å². The lowest BCUT2D eigenvalue weighted by Gasteiger charge is -2.10. The van der Waals surface area contributed by atoms with Gasteiger partial charge in [-0.05, 0) is 59.3 Å². The van der Waals surface area contributed by atoms with E-state index in [0.29, 0.717) is 5.75 Å². The number of ether oxygens (including phenoxy) is 1. The molecule has 0 saturated carbocycles. The fourth-order valence-corrected chi connectivity index (χ4v) is 2.85. The van der Waals surface area contributed by atoms with Crippen LogP contribution in [0, 0.1) is 20.6 Å². The fraction of sp³-hybridized carbons (Fsp3) is 0.143. The maximum atomic E-state index is 11.5. The van der Waals surface area contributed by atoms with Gasteiger partial charge in [-0.1, -0.05) is 6.07 Å². The summed E-state index contributed by atoms with van der Waals surface area (Å²) in [5.41, 5.74) is 0.561. The highest BCUT2D eigenvalue weighted by molar-refractivity contribution is 14.1. The van der Waals surface area contributed by atoms with Crippen LogP contribution in [0.25, 0.3) is 0 Å². The maximum Gasteiger partial charge on any atom is 0.312 e. The molecule has 116 valence electrons. The number of aryl methyl sites for hydroxylation is 1. The van der Waals surface area contributed by atoms with Gasteiger partial charge in [-0.2, -0.15) is 0 Å². The average Bonchev–Trinajstić information content (AvgIpc) is 2.42. The molecule has 0 bridgehead atoms. The van der Waals surface area contributed by atoms with E-state index in [1.165, 1.54) is 12.1 Å². The first kappa shape index (κ1) is 16.7. The molecular formula is C14H12INO5S. The molecule has 0 heterocycles. The van der Waals surface area contributed by atoms with E-state index >= 15 is 0 Å². The van der Waals surface area contributed by atoms with Crippen LogP contribution in [0.1, 0.15) is 5.56 Å². The minimum atomic E-state index is -3.52. The lowest BCUT2D eigenvalue weighted by Crippen LogP contribution is -2.00. The summed E-state index contributed by atoms with van der Waals surface area (Å²) < 4.78 is 29.4. The zero-order valence-corrected chi connectivity index (χ0v) is 14.7. The molecule has 0 aliphatic rings. The van der Waals surface area contributed by atoms with Gasteiger partial charge in [-0.15, -0.1) is 0 Å². The Kier molecular flexibility index (Phi) is 4.71. The van der Waals surface area contributed by atoms with E-state index in [9.17, 15) is 18.5 Å². The van der Waals surface area contributed by atoms with E-state index in [1.54, 1.807) is 6.07 Å². The van der Waals surface area contributed by atoms with Crippen molar-refractivity contribution in [1.29, 1.82) is 0 Å². The number of hydrogen-bond donors (Lipinski definition) is 0. The molecule has 0 atom stereocenters. The third kappa shape index (κ3) is 3.74. The maximum absolute atomic E-state index is 11.5. The van der Waals surface area contributed by atoms with Gasteiger partial charge in [0.2, 0.25) is 5.75 Å². The van der Waals surface area contributed by atoms with Crippen LogP contribution in [0.2, 0.25) is 0 Å². The quantitative estimate of drug-likeness (QED) is 0.417. The molecule has 0 N–H and O–H groups in total. The third-order valence-electron chi connectivity index (χ3n) is 2.86. The molecule has 2 rings (SSSR count). The van der Waals surface area contributed by atoms with E-state index in [-0.39, 0.29) is 16.3 Å². The summed E-state index contributed by atoms with van der Waals surface area (Å²) in [6, 6.07) is 9.09. The monoisotopic (exact) mass is 433 g/mol. The highest BCUT2D eigenvalue weighted by atomic mass is 127. The second-order valence-corrected chi connectivity index (χ2v) is 7.87. The predicted molar refractivity (Wildman–Crippen MR) is 90.2 cm³/mol. The van der Waals surface area contributed by atoms with Crippen LogP contribution in [-0.4, -0.2) is 19.6 Å². The number of nitro groups is 1. The molecule has 0 aliphatic heterocycles. The second kappa shape index (κ2) is 6.21. The first-order valence-electron chi connectivity index (χ1n) is 6.11. The van der Waals surface area contributed by atoms with Gasteiger partial charge in [0.25, 0.3) is 0 Å². The van der Waals surface area contributed by atoms with Crippen molar-refractivity contribution >= 4 is 38.1 Å². The summed E-state index contributed by atoms with van der Waals surface area (Å²) in [6.07, 6.45) is 0.996. The molecular weight excluding hydrogens is 421 g/mol. The lowest BCUT2D eigenvalue weighted by atomic mass is 10.2. The summed E-state index contributed by atoms with van der Waals surface area (Å²) in [5, 5.41) is 11.2. The van der Waals surface area contributed by atoms with Gasteiger partial charge < -0.3 is 4.74 Å². The summed E-state index contributed by atoms with van der Waals surface area (Å²) in [5.74, 6) is 0.483. The smallest absolute Gasteiger partial charge is 0.312 e. The van der Waals surface area contributed by atoms with E-state index < -0.39 is 14.8 Å². The molecule has 2 aromatic carbocycles. The molecule has 0 aliphatic carbocycles. The van der Waals surface area contributed by atoms with Crippen LogP contribution < -0.4 is 4.74 Å². The zero-order chi connectivity index (χ0) is 16.5. The van der Waals surface area contributed by atoms with E-state index in [2.05, 4.69) is 22.6 Å². The summed E-state index contributed by atoms with van der Waals surface area (Å²) in [4.78, 5) is 10.4. The van der Waals surface area contributed by atoms with Crippen molar-refractivity contribution in [2.24, 2.45) is 0 Å². The number of halogens is 1. The largest absolute Gasteiger partial charge is 0.449 e. The van der Waals surface area contributed by atoms with Crippen molar-refractivity contribution < 1.29 is 18.1 Å². The molecule has 0 amide bonds. The molecule has 0 spiro atoms. The third-order valence-corrected chi connectivity index (χ3v) is 4.86. The molecule has 22 heavy (non-hydrogen) atoms. The van der Waals surface area contributed by atoms with Crippen LogP contribution in [0.4, 0.5) is 5.69 Å². The van der Waals surface area contributed by atoms with Gasteiger partial charge in [0.15, 0.2) is 9.84 Å². The predicted octanol–water partition coefficient (Wildman–Crippen LogP) is 3.70. The van der Waals surface area contributed by atoms with Crippen molar-refractivity contribution in [2.75, 3.05) is 6.26 Å². The standard InChI is InChI=1S/C14H12INO5S/c1-9-3-5-11(15)14(7-9)21-13-6-4-10(22(2,19)20)8-12(13)16(17)18/h3-8H,1-2H3. The van der Waals surface area contributed by atoms with Crippen molar-refractivity contribution in [3.05, 3.63) is 55.6 Å². The number of sulfone groups is 1. The highest BCUT2D eigenvalue weighted by Crippen LogP contribution is 2.35. The Bertz CT molecular complexity index is 848. The fourth-order valence-electron chi connectivity index (χ4n) is 1.76. The van der Waals surface area contributed by atoms with Crippen LogP contribution >= 0.6 is 22.6 Å². The van der Waals surface area contributed by atoms with Gasteiger partial charge in [-0.3, -0.25) is 10.1 Å². The Morgan fingerprint density at radius 1 is 1.14 bits per heavy atom. The van der Waals surface area contributed by atoms with Crippen molar-refractivity contribution in [1.82, 2.24) is 0 Å². The first-order chi connectivity index (χ1) is 10.2. The van der Waals surface area contributed by atoms with Gasteiger partial charge in [0, 0.05) is 12.3 Å². The molecule has 2 aromatic rings. The van der Waals surface area contributed by atoms with Crippen LogP contribution in [0.3, 0.4) is 0 Å². The number of benzene rings is 2. The molecule has 0 radical (unpaired) electrons. The van der Waals surface area contributed by atoms with Gasteiger partial charge in [0.1, 0.15) is 5.75 Å². The van der Waals surface area contributed by atoms with Crippen molar-refractivity contribution in [2.45, 2.75) is 11.8 Å². The Morgan fingerprint density at radius 2 is 1.82 bits per heavy atom. The Labute approximate surface area is 141 Å². The normalized spacial score (nSPS) is 11.2. The van der Waals surface area contributed by atoms with Crippen LogP contribution in [-0.2, 0) is 9.84 Å². The van der Waals surface area contributed by atoms with E-state index in [0.717, 1.165) is 21.5 Å². The minimum absolute atomic E-state index is 0.000848. The first-order valence-corrected chi connectivity index (χ1v) is 9.08. The summed E-state index contributed by atoms with van der Waals surface area (Å²) >= 11 is 2.06. The Morgan fingerprint density at radius 3 is 2.41 bits per heavy atom. The number of nitrogens with zero attached hydrogens (tertiary/aromatic N) is 1.